The number of halogens is 1. The second-order valence-electron chi connectivity index (χ2n) is 1.94. The summed E-state index contributed by atoms with van der Waals surface area (Å²) in [7, 11) is 1.60. The van der Waals surface area contributed by atoms with E-state index in [1.807, 2.05) is 0 Å². The Hall–Kier alpha value is -0.410. The van der Waals surface area contributed by atoms with Crippen molar-refractivity contribution in [3.05, 3.63) is 22.7 Å². The van der Waals surface area contributed by atoms with Crippen LogP contribution in [0.2, 0.25) is 0 Å². The molecule has 0 spiro atoms. The number of rotatable bonds is 1. The number of methoxy groups -OCH3 is 1. The third-order valence-corrected chi connectivity index (χ3v) is 1.91. The molecule has 1 aliphatic carbocycles. The van der Waals surface area contributed by atoms with Gasteiger partial charge in [0.25, 0.3) is 0 Å². The van der Waals surface area contributed by atoms with Gasteiger partial charge in [0.05, 0.1) is 10.6 Å². The molecule has 0 radical (unpaired) electrons. The Kier molecular flexibility index (Phi) is 2.40. The Morgan fingerprint density at radius 2 is 2.40 bits per heavy atom. The van der Waals surface area contributed by atoms with Crippen LogP contribution >= 0.6 is 15.9 Å². The molecule has 0 saturated heterocycles. The van der Waals surface area contributed by atoms with Gasteiger partial charge >= 0.3 is 0 Å². The van der Waals surface area contributed by atoms with E-state index >= 15 is 0 Å². The predicted molar refractivity (Wildman–Crippen MR) is 42.0 cm³/mol. The summed E-state index contributed by atoms with van der Waals surface area (Å²) in [5, 5.41) is 0. The average Bonchev–Trinajstić information content (AvgIpc) is 1.95. The molecule has 0 saturated carbocycles. The number of hydrogen-bond acceptors (Lipinski definition) is 2. The molecule has 1 aliphatic rings. The third-order valence-electron chi connectivity index (χ3n) is 1.26. The van der Waals surface area contributed by atoms with Crippen LogP contribution in [-0.4, -0.2) is 19.0 Å². The number of allylic oxidation sites excluding steroid dienone is 2. The first-order chi connectivity index (χ1) is 4.74. The van der Waals surface area contributed by atoms with Gasteiger partial charge in [-0.1, -0.05) is 0 Å². The summed E-state index contributed by atoms with van der Waals surface area (Å²) >= 11 is 3.12. The lowest BCUT2D eigenvalue weighted by atomic mass is 10.1. The first kappa shape index (κ1) is 7.69. The molecule has 3 heteroatoms. The summed E-state index contributed by atoms with van der Waals surface area (Å²) in [5.74, 6) is -0.00620. The van der Waals surface area contributed by atoms with Gasteiger partial charge in [0.15, 0.2) is 5.78 Å². The van der Waals surface area contributed by atoms with Crippen molar-refractivity contribution in [3.8, 4) is 0 Å². The van der Waals surface area contributed by atoms with Crippen molar-refractivity contribution in [2.24, 2.45) is 0 Å². The molecule has 1 unspecified atom stereocenters. The minimum absolute atomic E-state index is 0.00620. The monoisotopic (exact) mass is 202 g/mol. The highest BCUT2D eigenvalue weighted by molar-refractivity contribution is 9.12. The van der Waals surface area contributed by atoms with E-state index in [0.717, 1.165) is 0 Å². The van der Waals surface area contributed by atoms with Crippen molar-refractivity contribution in [2.45, 2.75) is 6.10 Å². The summed E-state index contributed by atoms with van der Waals surface area (Å²) in [6, 6.07) is 0. The molecule has 1 rings (SSSR count). The maximum absolute atomic E-state index is 10.8. The van der Waals surface area contributed by atoms with Crippen LogP contribution in [-0.2, 0) is 9.53 Å². The first-order valence-corrected chi connectivity index (χ1v) is 3.66. The first-order valence-electron chi connectivity index (χ1n) is 2.86. The minimum atomic E-state index is -0.0629. The van der Waals surface area contributed by atoms with Crippen molar-refractivity contribution in [3.63, 3.8) is 0 Å². The molecular weight excluding hydrogens is 196 g/mol. The molecule has 0 aromatic carbocycles. The summed E-state index contributed by atoms with van der Waals surface area (Å²) < 4.78 is 5.54. The van der Waals surface area contributed by atoms with Crippen LogP contribution in [0.4, 0.5) is 0 Å². The fraction of sp³-hybridized carbons (Fsp3) is 0.286. The third kappa shape index (κ3) is 1.55. The van der Waals surface area contributed by atoms with Gasteiger partial charge in [-0.05, 0) is 34.2 Å². The highest BCUT2D eigenvalue weighted by Crippen LogP contribution is 2.15. The average molecular weight is 203 g/mol. The van der Waals surface area contributed by atoms with Crippen LogP contribution in [0.3, 0.4) is 0 Å². The lowest BCUT2D eigenvalue weighted by Crippen LogP contribution is -2.10. The molecule has 0 bridgehead atoms. The Bertz CT molecular complexity index is 206. The topological polar surface area (TPSA) is 26.3 Å². The smallest absolute Gasteiger partial charge is 0.192 e. The fourth-order valence-corrected chi connectivity index (χ4v) is 1.08. The maximum atomic E-state index is 10.8. The SMILES string of the molecule is COC1C=CC(=O)C(Br)=C1. The number of carbonyl (C=O) groups is 1. The number of ketones is 1. The van der Waals surface area contributed by atoms with Crippen molar-refractivity contribution in [2.75, 3.05) is 7.11 Å². The minimum Gasteiger partial charge on any atom is -0.373 e. The van der Waals surface area contributed by atoms with Gasteiger partial charge in [0.2, 0.25) is 0 Å². The molecule has 0 aromatic rings. The Morgan fingerprint density at radius 1 is 1.70 bits per heavy atom. The summed E-state index contributed by atoms with van der Waals surface area (Å²) in [6.45, 7) is 0. The van der Waals surface area contributed by atoms with E-state index in [9.17, 15) is 4.79 Å². The summed E-state index contributed by atoms with van der Waals surface area (Å²) in [6.07, 6.45) is 4.88. The Balaban J connectivity index is 2.74. The van der Waals surface area contributed by atoms with Gasteiger partial charge in [-0.2, -0.15) is 0 Å². The van der Waals surface area contributed by atoms with Crippen molar-refractivity contribution >= 4 is 21.7 Å². The van der Waals surface area contributed by atoms with Crippen molar-refractivity contribution < 1.29 is 9.53 Å². The Labute approximate surface area is 67.7 Å². The van der Waals surface area contributed by atoms with Crippen LogP contribution in [0.5, 0.6) is 0 Å². The molecular formula is C7H7BrO2. The van der Waals surface area contributed by atoms with Gasteiger partial charge in [-0.3, -0.25) is 4.79 Å². The highest BCUT2D eigenvalue weighted by atomic mass is 79.9. The Morgan fingerprint density at radius 3 is 2.90 bits per heavy atom. The van der Waals surface area contributed by atoms with E-state index in [-0.39, 0.29) is 11.9 Å². The lowest BCUT2D eigenvalue weighted by Gasteiger charge is -2.09. The van der Waals surface area contributed by atoms with Crippen LogP contribution < -0.4 is 0 Å². The van der Waals surface area contributed by atoms with Gasteiger partial charge in [0.1, 0.15) is 0 Å². The van der Waals surface area contributed by atoms with Crippen LogP contribution in [0, 0.1) is 0 Å². The molecule has 1 atom stereocenters. The molecule has 0 aliphatic heterocycles. The summed E-state index contributed by atoms with van der Waals surface area (Å²) in [5.41, 5.74) is 0. The number of hydrogen-bond donors (Lipinski definition) is 0. The predicted octanol–water partition coefficient (Wildman–Crippen LogP) is 1.42. The molecule has 0 fully saturated rings. The van der Waals surface area contributed by atoms with Gasteiger partial charge in [-0.25, -0.2) is 0 Å². The van der Waals surface area contributed by atoms with Crippen LogP contribution in [0.15, 0.2) is 22.7 Å². The molecule has 0 N–H and O–H groups in total. The normalized spacial score (nSPS) is 24.8. The molecule has 0 aromatic heterocycles. The summed E-state index contributed by atoms with van der Waals surface area (Å²) in [4.78, 5) is 10.8. The zero-order valence-corrected chi connectivity index (χ0v) is 7.09. The van der Waals surface area contributed by atoms with Gasteiger partial charge in [0, 0.05) is 7.11 Å². The van der Waals surface area contributed by atoms with Gasteiger partial charge < -0.3 is 4.74 Å². The van der Waals surface area contributed by atoms with Crippen molar-refractivity contribution in [1.82, 2.24) is 0 Å². The number of ether oxygens (including phenoxy) is 1. The van der Waals surface area contributed by atoms with Crippen LogP contribution in [0.25, 0.3) is 0 Å². The largest absolute Gasteiger partial charge is 0.373 e. The van der Waals surface area contributed by atoms with E-state index < -0.39 is 0 Å². The van der Waals surface area contributed by atoms with E-state index in [1.54, 1.807) is 19.3 Å². The molecule has 54 valence electrons. The molecule has 0 heterocycles. The van der Waals surface area contributed by atoms with E-state index in [2.05, 4.69) is 15.9 Å². The second kappa shape index (κ2) is 3.12. The molecule has 10 heavy (non-hydrogen) atoms. The van der Waals surface area contributed by atoms with Crippen molar-refractivity contribution in [1.29, 1.82) is 0 Å². The highest BCUT2D eigenvalue weighted by Gasteiger charge is 2.11. The van der Waals surface area contributed by atoms with E-state index in [1.165, 1.54) is 6.08 Å². The molecule has 2 nitrogen and oxygen atoms in total. The zero-order valence-electron chi connectivity index (χ0n) is 5.50. The van der Waals surface area contributed by atoms with Crippen LogP contribution in [0.1, 0.15) is 0 Å². The quantitative estimate of drug-likeness (QED) is 0.644. The number of carbonyl (C=O) groups excluding carboxylic acids is 1. The lowest BCUT2D eigenvalue weighted by molar-refractivity contribution is -0.110. The standard InChI is InChI=1S/C7H7BrO2/c1-10-5-2-3-7(9)6(8)4-5/h2-5H,1H3. The zero-order chi connectivity index (χ0) is 7.56. The molecule has 0 amide bonds. The maximum Gasteiger partial charge on any atom is 0.192 e. The second-order valence-corrected chi connectivity index (χ2v) is 2.79. The van der Waals surface area contributed by atoms with E-state index in [4.69, 9.17) is 4.74 Å². The fourth-order valence-electron chi connectivity index (χ4n) is 0.690. The van der Waals surface area contributed by atoms with Gasteiger partial charge in [-0.15, -0.1) is 0 Å². The van der Waals surface area contributed by atoms with E-state index in [0.29, 0.717) is 4.48 Å².